The summed E-state index contributed by atoms with van der Waals surface area (Å²) in [5.74, 6) is -1.11. The first kappa shape index (κ1) is 14.1. The molecule has 0 fully saturated rings. The molecule has 18 heavy (non-hydrogen) atoms. The smallest absolute Gasteiger partial charge is 0.354 e. The topological polar surface area (TPSA) is 82.5 Å². The van der Waals surface area contributed by atoms with E-state index in [9.17, 15) is 9.59 Å². The number of aromatic carboxylic acids is 1. The van der Waals surface area contributed by atoms with E-state index < -0.39 is 5.97 Å². The van der Waals surface area contributed by atoms with Crippen LogP contribution in [0.3, 0.4) is 0 Å². The molecule has 1 aromatic heterocycles. The van der Waals surface area contributed by atoms with Gasteiger partial charge >= 0.3 is 5.97 Å². The Labute approximate surface area is 106 Å². The van der Waals surface area contributed by atoms with Crippen LogP contribution in [-0.4, -0.2) is 47.0 Å². The predicted octanol–water partition coefficient (Wildman–Crippen LogP) is 0.348. The Bertz CT molecular complexity index is 434. The molecule has 1 aromatic rings. The maximum atomic E-state index is 11.4. The maximum Gasteiger partial charge on any atom is 0.354 e. The lowest BCUT2D eigenvalue weighted by atomic mass is 10.3. The molecule has 1 rings (SSSR count). The molecule has 0 saturated heterocycles. The van der Waals surface area contributed by atoms with Crippen LogP contribution in [0.15, 0.2) is 18.2 Å². The average Bonchev–Trinajstić information content (AvgIpc) is 2.29. The van der Waals surface area contributed by atoms with Crippen molar-refractivity contribution in [3.8, 4) is 0 Å². The number of likely N-dealkylation sites (N-methyl/N-ethyl adjacent to an activating group) is 2. The van der Waals surface area contributed by atoms with E-state index in [1.807, 2.05) is 6.92 Å². The molecule has 0 atom stereocenters. The van der Waals surface area contributed by atoms with Crippen LogP contribution in [0.4, 0.5) is 0 Å². The SMILES string of the molecule is CCNC(=O)CN(C)Cc1cccc(C(=O)O)n1. The maximum absolute atomic E-state index is 11.4. The molecule has 0 bridgehead atoms. The van der Waals surface area contributed by atoms with Crippen molar-refractivity contribution in [2.24, 2.45) is 0 Å². The minimum Gasteiger partial charge on any atom is -0.477 e. The van der Waals surface area contributed by atoms with Crippen LogP contribution in [0.5, 0.6) is 0 Å². The highest BCUT2D eigenvalue weighted by atomic mass is 16.4. The monoisotopic (exact) mass is 251 g/mol. The van der Waals surface area contributed by atoms with Crippen LogP contribution in [-0.2, 0) is 11.3 Å². The first-order valence-corrected chi connectivity index (χ1v) is 5.67. The van der Waals surface area contributed by atoms with E-state index in [4.69, 9.17) is 5.11 Å². The lowest BCUT2D eigenvalue weighted by Gasteiger charge is -2.15. The second-order valence-corrected chi connectivity index (χ2v) is 3.95. The van der Waals surface area contributed by atoms with Crippen molar-refractivity contribution >= 4 is 11.9 Å². The number of carboxylic acid groups (broad SMARTS) is 1. The molecular weight excluding hydrogens is 234 g/mol. The van der Waals surface area contributed by atoms with E-state index in [2.05, 4.69) is 10.3 Å². The first-order chi connectivity index (χ1) is 8.52. The number of hydrogen-bond acceptors (Lipinski definition) is 4. The van der Waals surface area contributed by atoms with Crippen molar-refractivity contribution in [3.63, 3.8) is 0 Å². The summed E-state index contributed by atoms with van der Waals surface area (Å²) in [4.78, 5) is 27.9. The zero-order chi connectivity index (χ0) is 13.5. The van der Waals surface area contributed by atoms with E-state index in [1.165, 1.54) is 6.07 Å². The van der Waals surface area contributed by atoms with Gasteiger partial charge < -0.3 is 10.4 Å². The largest absolute Gasteiger partial charge is 0.477 e. The molecule has 0 spiro atoms. The van der Waals surface area contributed by atoms with Crippen LogP contribution in [0.2, 0.25) is 0 Å². The number of hydrogen-bond donors (Lipinski definition) is 2. The van der Waals surface area contributed by atoms with Crippen molar-refractivity contribution in [1.82, 2.24) is 15.2 Å². The first-order valence-electron chi connectivity index (χ1n) is 5.67. The third-order valence-electron chi connectivity index (χ3n) is 2.25. The van der Waals surface area contributed by atoms with Crippen LogP contribution < -0.4 is 5.32 Å². The van der Waals surface area contributed by atoms with Crippen LogP contribution in [0, 0.1) is 0 Å². The van der Waals surface area contributed by atoms with Crippen LogP contribution in [0.1, 0.15) is 23.1 Å². The molecule has 0 aliphatic heterocycles. The number of pyridine rings is 1. The molecule has 0 aromatic carbocycles. The van der Waals surface area contributed by atoms with Gasteiger partial charge in [0, 0.05) is 13.1 Å². The Hall–Kier alpha value is -1.95. The summed E-state index contributed by atoms with van der Waals surface area (Å²) < 4.78 is 0. The van der Waals surface area contributed by atoms with Crippen LogP contribution in [0.25, 0.3) is 0 Å². The van der Waals surface area contributed by atoms with Crippen molar-refractivity contribution in [2.75, 3.05) is 20.1 Å². The van der Waals surface area contributed by atoms with Gasteiger partial charge in [-0.25, -0.2) is 9.78 Å². The second-order valence-electron chi connectivity index (χ2n) is 3.95. The standard InChI is InChI=1S/C12H17N3O3/c1-3-13-11(16)8-15(2)7-9-5-4-6-10(14-9)12(17)18/h4-6H,3,7-8H2,1-2H3,(H,13,16)(H,17,18). The lowest BCUT2D eigenvalue weighted by Crippen LogP contribution is -2.34. The minimum atomic E-state index is -1.05. The van der Waals surface area contributed by atoms with Gasteiger partial charge in [0.1, 0.15) is 5.69 Å². The zero-order valence-electron chi connectivity index (χ0n) is 10.5. The summed E-state index contributed by atoms with van der Waals surface area (Å²) in [5, 5.41) is 11.5. The Balaban J connectivity index is 2.58. The number of aromatic nitrogens is 1. The van der Waals surface area contributed by atoms with Gasteiger partial charge in [-0.3, -0.25) is 9.69 Å². The average molecular weight is 251 g/mol. The fourth-order valence-electron chi connectivity index (χ4n) is 1.52. The normalized spacial score (nSPS) is 10.4. The molecule has 0 unspecified atom stereocenters. The van der Waals surface area contributed by atoms with E-state index in [0.29, 0.717) is 18.8 Å². The second kappa shape index (κ2) is 6.70. The molecule has 98 valence electrons. The fourth-order valence-corrected chi connectivity index (χ4v) is 1.52. The third kappa shape index (κ3) is 4.50. The van der Waals surface area contributed by atoms with Gasteiger partial charge in [0.15, 0.2) is 0 Å². The molecular formula is C12H17N3O3. The fraction of sp³-hybridized carbons (Fsp3) is 0.417. The zero-order valence-corrected chi connectivity index (χ0v) is 10.5. The predicted molar refractivity (Wildman–Crippen MR) is 66.2 cm³/mol. The summed E-state index contributed by atoms with van der Waals surface area (Å²) in [6, 6.07) is 4.82. The summed E-state index contributed by atoms with van der Waals surface area (Å²) in [7, 11) is 1.78. The third-order valence-corrected chi connectivity index (χ3v) is 2.25. The molecule has 2 N–H and O–H groups in total. The summed E-state index contributed by atoms with van der Waals surface area (Å²) >= 11 is 0. The number of amides is 1. The van der Waals surface area contributed by atoms with E-state index in [-0.39, 0.29) is 18.1 Å². The summed E-state index contributed by atoms with van der Waals surface area (Å²) in [5.41, 5.74) is 0.639. The van der Waals surface area contributed by atoms with Crippen LogP contribution >= 0.6 is 0 Å². The Morgan fingerprint density at radius 3 is 2.78 bits per heavy atom. The number of nitrogens with one attached hydrogen (secondary N) is 1. The highest BCUT2D eigenvalue weighted by Gasteiger charge is 2.09. The van der Waals surface area contributed by atoms with E-state index in [0.717, 1.165) is 0 Å². The molecule has 0 aliphatic rings. The van der Waals surface area contributed by atoms with Gasteiger partial charge in [0.2, 0.25) is 5.91 Å². The van der Waals surface area contributed by atoms with Gasteiger partial charge in [0.25, 0.3) is 0 Å². The van der Waals surface area contributed by atoms with E-state index >= 15 is 0 Å². The van der Waals surface area contributed by atoms with Gasteiger partial charge in [0.05, 0.1) is 12.2 Å². The summed E-state index contributed by atoms with van der Waals surface area (Å²) in [6.07, 6.45) is 0. The van der Waals surface area contributed by atoms with Gasteiger partial charge in [-0.1, -0.05) is 6.07 Å². The number of rotatable bonds is 6. The quantitative estimate of drug-likeness (QED) is 0.762. The minimum absolute atomic E-state index is 0.0129. The molecule has 6 heteroatoms. The number of carbonyl (C=O) groups excluding carboxylic acids is 1. The molecule has 1 heterocycles. The van der Waals surface area contributed by atoms with Gasteiger partial charge in [-0.2, -0.15) is 0 Å². The number of carbonyl (C=O) groups is 2. The van der Waals surface area contributed by atoms with Crippen molar-refractivity contribution < 1.29 is 14.7 Å². The van der Waals surface area contributed by atoms with Crippen molar-refractivity contribution in [3.05, 3.63) is 29.6 Å². The highest BCUT2D eigenvalue weighted by molar-refractivity contribution is 5.85. The van der Waals surface area contributed by atoms with Gasteiger partial charge in [-0.05, 0) is 26.1 Å². The highest BCUT2D eigenvalue weighted by Crippen LogP contribution is 2.02. The molecule has 6 nitrogen and oxygen atoms in total. The Morgan fingerprint density at radius 2 is 2.17 bits per heavy atom. The Morgan fingerprint density at radius 1 is 1.44 bits per heavy atom. The number of nitrogens with zero attached hydrogens (tertiary/aromatic N) is 2. The molecule has 0 aliphatic carbocycles. The summed E-state index contributed by atoms with van der Waals surface area (Å²) in [6.45, 7) is 3.14. The number of carboxylic acids is 1. The van der Waals surface area contributed by atoms with Gasteiger partial charge in [-0.15, -0.1) is 0 Å². The molecule has 0 saturated carbocycles. The molecule has 1 amide bonds. The lowest BCUT2D eigenvalue weighted by molar-refractivity contribution is -0.121. The Kier molecular flexibility index (Phi) is 5.26. The van der Waals surface area contributed by atoms with Crippen molar-refractivity contribution in [1.29, 1.82) is 0 Å². The molecule has 0 radical (unpaired) electrons. The van der Waals surface area contributed by atoms with Crippen molar-refractivity contribution in [2.45, 2.75) is 13.5 Å². The van der Waals surface area contributed by atoms with E-state index in [1.54, 1.807) is 24.1 Å².